The maximum atomic E-state index is 12.7. The molecule has 6 rings (SSSR count). The van der Waals surface area contributed by atoms with E-state index in [4.69, 9.17) is 18.9 Å². The van der Waals surface area contributed by atoms with Crippen molar-refractivity contribution in [3.8, 4) is 0 Å². The van der Waals surface area contributed by atoms with Crippen molar-refractivity contribution < 1.29 is 28.5 Å². The summed E-state index contributed by atoms with van der Waals surface area (Å²) >= 11 is 0. The number of fused-ring (bicyclic) bond motifs is 2. The maximum absolute atomic E-state index is 12.7. The van der Waals surface area contributed by atoms with Crippen molar-refractivity contribution in [3.63, 3.8) is 0 Å². The highest BCUT2D eigenvalue weighted by Gasteiger charge is 2.62. The van der Waals surface area contributed by atoms with Crippen LogP contribution in [-0.2, 0) is 60.4 Å². The third kappa shape index (κ3) is 10.5. The van der Waals surface area contributed by atoms with Gasteiger partial charge in [0.05, 0.1) is 31.5 Å². The van der Waals surface area contributed by atoms with Gasteiger partial charge < -0.3 is 34.5 Å². The van der Waals surface area contributed by atoms with E-state index in [0.717, 1.165) is 36.1 Å². The Balaban J connectivity index is 1.12. The Bertz CT molecular complexity index is 1900. The molecule has 2 aliphatic rings. The van der Waals surface area contributed by atoms with E-state index in [1.54, 1.807) is 13.8 Å². The van der Waals surface area contributed by atoms with Gasteiger partial charge in [-0.05, 0) is 100 Å². The number of rotatable bonds is 18. The molecular formula is C47H59N3O6. The number of carbonyl (C=O) groups is 2. The van der Waals surface area contributed by atoms with Crippen molar-refractivity contribution in [2.75, 3.05) is 33.8 Å². The number of hydrogen-bond donors (Lipinski definition) is 2. The number of aryl methyl sites for hydroxylation is 2. The second kappa shape index (κ2) is 18.3. The Labute approximate surface area is 333 Å². The van der Waals surface area contributed by atoms with Crippen LogP contribution in [0.15, 0.2) is 103 Å². The summed E-state index contributed by atoms with van der Waals surface area (Å²) in [4.78, 5) is 27.3. The fourth-order valence-electron chi connectivity index (χ4n) is 7.57. The van der Waals surface area contributed by atoms with Crippen LogP contribution in [-0.4, -0.2) is 73.9 Å². The van der Waals surface area contributed by atoms with Gasteiger partial charge in [-0.25, -0.2) is 0 Å². The third-order valence-electron chi connectivity index (χ3n) is 10.8. The Morgan fingerprint density at radius 3 is 2.16 bits per heavy atom. The normalized spacial score (nSPS) is 21.9. The van der Waals surface area contributed by atoms with Gasteiger partial charge in [-0.15, -0.1) is 0 Å². The molecule has 2 heterocycles. The number of likely N-dealkylation sites (N-methyl/N-ethyl adjacent to an activating group) is 1. The largest absolute Gasteiger partial charge is 0.370 e. The maximum Gasteiger partial charge on any atom is 0.245 e. The van der Waals surface area contributed by atoms with Crippen molar-refractivity contribution in [2.24, 2.45) is 0 Å². The Hall–Kier alpha value is -4.38. The third-order valence-corrected chi connectivity index (χ3v) is 10.8. The van der Waals surface area contributed by atoms with Crippen LogP contribution in [0.2, 0.25) is 0 Å². The molecule has 0 spiro atoms. The van der Waals surface area contributed by atoms with E-state index < -0.39 is 23.0 Å². The van der Waals surface area contributed by atoms with Gasteiger partial charge in [-0.1, -0.05) is 97.1 Å². The van der Waals surface area contributed by atoms with Gasteiger partial charge in [0, 0.05) is 31.5 Å². The molecule has 2 bridgehead atoms. The first-order chi connectivity index (χ1) is 26.8. The minimum absolute atomic E-state index is 0.125. The monoisotopic (exact) mass is 761 g/mol. The number of carbonyl (C=O) groups excluding carboxylic acids is 2. The Morgan fingerprint density at radius 1 is 0.857 bits per heavy atom. The molecule has 0 unspecified atom stereocenters. The molecule has 4 aromatic rings. The van der Waals surface area contributed by atoms with Crippen LogP contribution in [0.3, 0.4) is 0 Å². The fourth-order valence-corrected chi connectivity index (χ4v) is 7.57. The molecule has 9 heteroatoms. The second-order valence-corrected chi connectivity index (χ2v) is 16.5. The van der Waals surface area contributed by atoms with Gasteiger partial charge in [0.15, 0.2) is 0 Å². The van der Waals surface area contributed by atoms with Crippen LogP contribution in [0.4, 0.5) is 0 Å². The zero-order valence-corrected chi connectivity index (χ0v) is 33.9. The summed E-state index contributed by atoms with van der Waals surface area (Å²) in [5.74, 6) is -1.44. The van der Waals surface area contributed by atoms with Crippen LogP contribution in [0.5, 0.6) is 0 Å². The lowest BCUT2D eigenvalue weighted by Crippen LogP contribution is -2.57. The van der Waals surface area contributed by atoms with Crippen LogP contribution >= 0.6 is 0 Å². The molecule has 2 saturated heterocycles. The van der Waals surface area contributed by atoms with Crippen LogP contribution in [0.25, 0.3) is 0 Å². The van der Waals surface area contributed by atoms with Gasteiger partial charge in [0.25, 0.3) is 0 Å². The molecule has 2 amide bonds. The van der Waals surface area contributed by atoms with Gasteiger partial charge in [-0.2, -0.15) is 0 Å². The first-order valence-corrected chi connectivity index (χ1v) is 19.9. The number of amides is 2. The van der Waals surface area contributed by atoms with E-state index in [0.29, 0.717) is 45.6 Å². The summed E-state index contributed by atoms with van der Waals surface area (Å²) in [6, 6.07) is 35.5. The highest BCUT2D eigenvalue weighted by atomic mass is 16.8. The average Bonchev–Trinajstić information content (AvgIpc) is 3.47. The smallest absolute Gasteiger partial charge is 0.245 e. The molecule has 56 heavy (non-hydrogen) atoms. The highest BCUT2D eigenvalue weighted by molar-refractivity contribution is 5.90. The van der Waals surface area contributed by atoms with E-state index in [9.17, 15) is 9.59 Å². The molecule has 0 saturated carbocycles. The van der Waals surface area contributed by atoms with Gasteiger partial charge in [0.2, 0.25) is 17.6 Å². The second-order valence-electron chi connectivity index (χ2n) is 16.5. The topological polar surface area (TPSA) is 98.4 Å². The first-order valence-electron chi connectivity index (χ1n) is 19.9. The minimum atomic E-state index is -1.13. The molecule has 4 aromatic carbocycles. The summed E-state index contributed by atoms with van der Waals surface area (Å²) in [7, 11) is 3.91. The molecule has 298 valence electrons. The molecule has 0 radical (unpaired) electrons. The fraction of sp³-hybridized carbons (Fsp3) is 0.447. The zero-order chi connectivity index (χ0) is 39.8. The molecule has 9 nitrogen and oxygen atoms in total. The van der Waals surface area contributed by atoms with Gasteiger partial charge in [0.1, 0.15) is 11.6 Å². The standard InChI is InChI=1S/C47H59N3O6/c1-34-20-25-40(29-39(34)28-36-23-21-35(22-24-36)18-13-19-42(51)49-45(2,3)44(52)48-26-27-50(5)6)47-43(54-32-38-16-11-8-12-17-38)41(30-46(4,56-47)33-55-47)53-31-37-14-9-7-10-15-37/h7-12,14-17,20-25,29,41,43H,13,18-19,26-28,30-33H2,1-6H3,(H,48,52)(H,49,51)/t41-,43+,46+,47-/m0/s1. The minimum Gasteiger partial charge on any atom is -0.370 e. The molecule has 2 N–H and O–H groups in total. The molecule has 0 aromatic heterocycles. The summed E-state index contributed by atoms with van der Waals surface area (Å²) in [5.41, 5.74) is 6.35. The predicted molar refractivity (Wildman–Crippen MR) is 219 cm³/mol. The van der Waals surface area contributed by atoms with Crippen molar-refractivity contribution in [3.05, 3.63) is 142 Å². The lowest BCUT2D eigenvalue weighted by atomic mass is 9.85. The molecule has 2 aliphatic heterocycles. The van der Waals surface area contributed by atoms with E-state index in [-0.39, 0.29) is 17.9 Å². The van der Waals surface area contributed by atoms with Crippen LogP contribution < -0.4 is 10.6 Å². The Morgan fingerprint density at radius 2 is 1.50 bits per heavy atom. The lowest BCUT2D eigenvalue weighted by Gasteiger charge is -2.46. The molecular weight excluding hydrogens is 703 g/mol. The zero-order valence-electron chi connectivity index (χ0n) is 33.9. The van der Waals surface area contributed by atoms with Crippen LogP contribution in [0.1, 0.15) is 79.0 Å². The SMILES string of the molecule is Cc1ccc([C@@]23OC[C@@](C)(C[C@H](OCc4ccccc4)[C@H]2OCc2ccccc2)O3)cc1Cc1ccc(CCCC(=O)NC(C)(C)C(=O)NCCN(C)C)cc1. The number of hydrogen-bond acceptors (Lipinski definition) is 7. The quantitative estimate of drug-likeness (QED) is 0.113. The number of ether oxygens (including phenoxy) is 4. The highest BCUT2D eigenvalue weighted by Crippen LogP contribution is 2.51. The summed E-state index contributed by atoms with van der Waals surface area (Å²) < 4.78 is 27.2. The van der Waals surface area contributed by atoms with Gasteiger partial charge >= 0.3 is 0 Å². The van der Waals surface area contributed by atoms with Crippen molar-refractivity contribution in [2.45, 2.75) is 102 Å². The number of nitrogens with one attached hydrogen (secondary N) is 2. The lowest BCUT2D eigenvalue weighted by molar-refractivity contribution is -0.316. The Kier molecular flexibility index (Phi) is 13.5. The summed E-state index contributed by atoms with van der Waals surface area (Å²) in [6.07, 6.45) is 2.44. The summed E-state index contributed by atoms with van der Waals surface area (Å²) in [6.45, 7) is 10.3. The van der Waals surface area contributed by atoms with E-state index in [1.807, 2.05) is 55.4 Å². The molecule has 2 fully saturated rings. The summed E-state index contributed by atoms with van der Waals surface area (Å²) in [5, 5.41) is 5.80. The van der Waals surface area contributed by atoms with Crippen molar-refractivity contribution in [1.29, 1.82) is 0 Å². The number of benzene rings is 4. The van der Waals surface area contributed by atoms with Crippen molar-refractivity contribution >= 4 is 11.8 Å². The molecule has 0 aliphatic carbocycles. The van der Waals surface area contributed by atoms with Crippen molar-refractivity contribution in [1.82, 2.24) is 15.5 Å². The van der Waals surface area contributed by atoms with Gasteiger partial charge in [-0.3, -0.25) is 9.59 Å². The predicted octanol–water partition coefficient (Wildman–Crippen LogP) is 7.01. The number of nitrogens with zero attached hydrogens (tertiary/aromatic N) is 1. The van der Waals surface area contributed by atoms with E-state index in [1.165, 1.54) is 22.3 Å². The first kappa shape index (κ1) is 41.3. The van der Waals surface area contributed by atoms with Crippen LogP contribution in [0, 0.1) is 6.92 Å². The average molecular weight is 762 g/mol. The van der Waals surface area contributed by atoms with E-state index >= 15 is 0 Å². The molecule has 4 atom stereocenters. The van der Waals surface area contributed by atoms with E-state index in [2.05, 4.69) is 91.2 Å².